The second-order valence-electron chi connectivity index (χ2n) is 2.97. The number of fused-ring (bicyclic) bond motifs is 1. The molecule has 2 nitrogen and oxygen atoms in total. The van der Waals surface area contributed by atoms with Crippen molar-refractivity contribution in [2.24, 2.45) is 0 Å². The van der Waals surface area contributed by atoms with E-state index in [4.69, 9.17) is 16.3 Å². The van der Waals surface area contributed by atoms with E-state index in [1.54, 1.807) is 7.11 Å². The van der Waals surface area contributed by atoms with Crippen LogP contribution in [-0.4, -0.2) is 12.1 Å². The summed E-state index contributed by atoms with van der Waals surface area (Å²) in [6.45, 7) is 1.98. The molecule has 2 aromatic rings. The molecule has 0 spiro atoms. The quantitative estimate of drug-likeness (QED) is 0.743. The van der Waals surface area contributed by atoms with Gasteiger partial charge in [0, 0.05) is 11.6 Å². The number of methoxy groups -OCH3 is 1. The largest absolute Gasteiger partial charge is 0.496 e. The first-order valence-corrected chi connectivity index (χ1v) is 4.42. The topological polar surface area (TPSA) is 25.0 Å². The number of rotatable bonds is 1. The van der Waals surface area contributed by atoms with Crippen LogP contribution >= 0.6 is 11.6 Å². The zero-order chi connectivity index (χ0) is 9.42. The van der Waals surface area contributed by atoms with E-state index in [-0.39, 0.29) is 0 Å². The van der Waals surface area contributed by atoms with Crippen molar-refractivity contribution in [3.8, 4) is 5.75 Å². The Bertz CT molecular complexity index is 447. The maximum absolute atomic E-state index is 6.05. The third-order valence-corrected chi connectivity index (χ3v) is 2.43. The molecule has 0 saturated carbocycles. The lowest BCUT2D eigenvalue weighted by Gasteiger charge is -2.06. The summed E-state index contributed by atoms with van der Waals surface area (Å²) in [6.07, 6.45) is 1.86. The fraction of sp³-hybridized carbons (Fsp3) is 0.200. The fourth-order valence-electron chi connectivity index (χ4n) is 1.57. The van der Waals surface area contributed by atoms with E-state index in [0.29, 0.717) is 0 Å². The van der Waals surface area contributed by atoms with Crippen molar-refractivity contribution in [2.75, 3.05) is 7.11 Å². The third kappa shape index (κ3) is 1.18. The smallest absolute Gasteiger partial charge is 0.131 e. The lowest BCUT2D eigenvalue weighted by molar-refractivity contribution is 0.417. The predicted octanol–water partition coefficient (Wildman–Crippen LogP) is 3.14. The number of hydrogen-bond donors (Lipinski definition) is 1. The van der Waals surface area contributed by atoms with Gasteiger partial charge in [0.05, 0.1) is 17.6 Å². The van der Waals surface area contributed by atoms with Gasteiger partial charge in [0.25, 0.3) is 0 Å². The first kappa shape index (κ1) is 8.45. The zero-order valence-corrected chi connectivity index (χ0v) is 8.27. The summed E-state index contributed by atoms with van der Waals surface area (Å²) in [5.74, 6) is 0.889. The zero-order valence-electron chi connectivity index (χ0n) is 7.52. The van der Waals surface area contributed by atoms with Crippen LogP contribution in [0.25, 0.3) is 10.9 Å². The molecule has 1 N–H and O–H groups in total. The number of aryl methyl sites for hydroxylation is 1. The minimum atomic E-state index is 0.735. The molecule has 0 radical (unpaired) electrons. The average molecular weight is 196 g/mol. The number of aromatic amines is 1. The van der Waals surface area contributed by atoms with Crippen LogP contribution in [-0.2, 0) is 0 Å². The van der Waals surface area contributed by atoms with E-state index in [2.05, 4.69) is 4.98 Å². The van der Waals surface area contributed by atoms with Crippen molar-refractivity contribution < 1.29 is 4.74 Å². The Kier molecular flexibility index (Phi) is 1.93. The van der Waals surface area contributed by atoms with E-state index < -0.39 is 0 Å². The number of ether oxygens (including phenoxy) is 1. The molecule has 13 heavy (non-hydrogen) atoms. The normalized spacial score (nSPS) is 10.7. The Morgan fingerprint density at radius 3 is 2.92 bits per heavy atom. The molecule has 0 saturated heterocycles. The monoisotopic (exact) mass is 195 g/mol. The molecular formula is C10H10ClNO. The molecule has 1 aromatic carbocycles. The van der Waals surface area contributed by atoms with Crippen LogP contribution in [0.5, 0.6) is 5.75 Å². The van der Waals surface area contributed by atoms with Crippen LogP contribution in [0.4, 0.5) is 0 Å². The van der Waals surface area contributed by atoms with Gasteiger partial charge >= 0.3 is 0 Å². The van der Waals surface area contributed by atoms with Crippen LogP contribution in [0, 0.1) is 6.92 Å². The Morgan fingerprint density at radius 1 is 1.46 bits per heavy atom. The van der Waals surface area contributed by atoms with Gasteiger partial charge in [-0.2, -0.15) is 0 Å². The van der Waals surface area contributed by atoms with E-state index in [1.165, 1.54) is 0 Å². The molecule has 1 aromatic heterocycles. The molecule has 0 bridgehead atoms. The summed E-state index contributed by atoms with van der Waals surface area (Å²) >= 11 is 6.05. The summed E-state index contributed by atoms with van der Waals surface area (Å²) < 4.78 is 5.29. The Labute approximate surface area is 81.5 Å². The highest BCUT2D eigenvalue weighted by molar-refractivity contribution is 6.35. The van der Waals surface area contributed by atoms with Gasteiger partial charge in [-0.3, -0.25) is 0 Å². The van der Waals surface area contributed by atoms with E-state index in [0.717, 1.165) is 27.2 Å². The SMILES string of the molecule is COc1c(C)cc(Cl)c2[nH]ccc12. The van der Waals surface area contributed by atoms with Gasteiger partial charge in [-0.25, -0.2) is 0 Å². The Morgan fingerprint density at radius 2 is 2.23 bits per heavy atom. The summed E-state index contributed by atoms with van der Waals surface area (Å²) in [5, 5.41) is 1.77. The van der Waals surface area contributed by atoms with Gasteiger partial charge in [-0.15, -0.1) is 0 Å². The minimum absolute atomic E-state index is 0.735. The van der Waals surface area contributed by atoms with E-state index in [9.17, 15) is 0 Å². The standard InChI is InChI=1S/C10H10ClNO/c1-6-5-8(11)9-7(3-4-12-9)10(6)13-2/h3-5,12H,1-2H3. The molecule has 2 rings (SSSR count). The molecule has 1 heterocycles. The van der Waals surface area contributed by atoms with Crippen molar-refractivity contribution in [2.45, 2.75) is 6.92 Å². The number of halogens is 1. The highest BCUT2D eigenvalue weighted by atomic mass is 35.5. The average Bonchev–Trinajstić information content (AvgIpc) is 2.53. The molecule has 3 heteroatoms. The summed E-state index contributed by atoms with van der Waals surface area (Å²) in [5.41, 5.74) is 1.99. The van der Waals surface area contributed by atoms with Crippen LogP contribution in [0.1, 0.15) is 5.56 Å². The van der Waals surface area contributed by atoms with Crippen LogP contribution in [0.15, 0.2) is 18.3 Å². The fourth-order valence-corrected chi connectivity index (χ4v) is 1.89. The van der Waals surface area contributed by atoms with Gasteiger partial charge in [0.1, 0.15) is 5.75 Å². The predicted molar refractivity (Wildman–Crippen MR) is 54.6 cm³/mol. The van der Waals surface area contributed by atoms with E-state index >= 15 is 0 Å². The maximum atomic E-state index is 6.05. The van der Waals surface area contributed by atoms with Gasteiger partial charge < -0.3 is 9.72 Å². The summed E-state index contributed by atoms with van der Waals surface area (Å²) in [4.78, 5) is 3.08. The molecule has 0 aliphatic rings. The van der Waals surface area contributed by atoms with Gasteiger partial charge in [-0.05, 0) is 24.6 Å². The highest BCUT2D eigenvalue weighted by Crippen LogP contribution is 2.33. The first-order valence-electron chi connectivity index (χ1n) is 4.04. The van der Waals surface area contributed by atoms with Gasteiger partial charge in [0.15, 0.2) is 0 Å². The van der Waals surface area contributed by atoms with Crippen molar-refractivity contribution in [1.82, 2.24) is 4.98 Å². The lowest BCUT2D eigenvalue weighted by atomic mass is 10.1. The number of aromatic nitrogens is 1. The lowest BCUT2D eigenvalue weighted by Crippen LogP contribution is -1.88. The number of H-pyrrole nitrogens is 1. The number of benzene rings is 1. The number of nitrogens with one attached hydrogen (secondary N) is 1. The third-order valence-electron chi connectivity index (χ3n) is 2.14. The van der Waals surface area contributed by atoms with Crippen molar-refractivity contribution in [3.63, 3.8) is 0 Å². The molecule has 0 unspecified atom stereocenters. The van der Waals surface area contributed by atoms with Crippen molar-refractivity contribution in [3.05, 3.63) is 28.9 Å². The molecule has 68 valence electrons. The molecule has 0 aliphatic carbocycles. The number of hydrogen-bond acceptors (Lipinski definition) is 1. The van der Waals surface area contributed by atoms with Crippen molar-refractivity contribution in [1.29, 1.82) is 0 Å². The summed E-state index contributed by atoms with van der Waals surface area (Å²) in [7, 11) is 1.67. The van der Waals surface area contributed by atoms with Gasteiger partial charge in [-0.1, -0.05) is 11.6 Å². The second-order valence-corrected chi connectivity index (χ2v) is 3.38. The molecule has 0 atom stereocenters. The van der Waals surface area contributed by atoms with Crippen molar-refractivity contribution >= 4 is 22.5 Å². The van der Waals surface area contributed by atoms with Crippen LogP contribution < -0.4 is 4.74 Å². The highest BCUT2D eigenvalue weighted by Gasteiger charge is 2.08. The molecular weight excluding hydrogens is 186 g/mol. The summed E-state index contributed by atoms with van der Waals surface area (Å²) in [6, 6.07) is 3.87. The minimum Gasteiger partial charge on any atom is -0.496 e. The Balaban J connectivity index is 2.88. The maximum Gasteiger partial charge on any atom is 0.131 e. The molecule has 0 fully saturated rings. The molecule has 0 aliphatic heterocycles. The van der Waals surface area contributed by atoms with Crippen LogP contribution in [0.2, 0.25) is 5.02 Å². The van der Waals surface area contributed by atoms with E-state index in [1.807, 2.05) is 25.3 Å². The van der Waals surface area contributed by atoms with Gasteiger partial charge in [0.2, 0.25) is 0 Å². The Hall–Kier alpha value is -1.15. The first-order chi connectivity index (χ1) is 6.24. The second kappa shape index (κ2) is 2.96. The van der Waals surface area contributed by atoms with Crippen LogP contribution in [0.3, 0.4) is 0 Å². The molecule has 0 amide bonds.